The lowest BCUT2D eigenvalue weighted by atomic mass is 10.1. The molecule has 0 unspecified atom stereocenters. The van der Waals surface area contributed by atoms with Crippen LogP contribution in [0.15, 0.2) is 18.2 Å². The largest absolute Gasteiger partial charge is 0.352 e. The second kappa shape index (κ2) is 4.35. The lowest BCUT2D eigenvalue weighted by Crippen LogP contribution is -2.23. The van der Waals surface area contributed by atoms with Gasteiger partial charge in [0.05, 0.1) is 6.42 Å². The van der Waals surface area contributed by atoms with Gasteiger partial charge in [-0.05, 0) is 24.1 Å². The van der Waals surface area contributed by atoms with E-state index < -0.39 is 0 Å². The first-order valence-electron chi connectivity index (χ1n) is 5.41. The van der Waals surface area contributed by atoms with Crippen LogP contribution in [0.25, 0.3) is 0 Å². The van der Waals surface area contributed by atoms with Crippen molar-refractivity contribution >= 4 is 17.5 Å². The smallest absolute Gasteiger partial charge is 0.251 e. The maximum atomic E-state index is 11.7. The summed E-state index contributed by atoms with van der Waals surface area (Å²) in [6, 6.07) is 5.31. The van der Waals surface area contributed by atoms with E-state index in [4.69, 9.17) is 0 Å². The molecule has 4 heteroatoms. The van der Waals surface area contributed by atoms with Crippen molar-refractivity contribution in [2.75, 3.05) is 11.9 Å². The van der Waals surface area contributed by atoms with Gasteiger partial charge < -0.3 is 10.6 Å². The first kappa shape index (κ1) is 10.7. The second-order valence-electron chi connectivity index (χ2n) is 3.85. The first-order valence-corrected chi connectivity index (χ1v) is 5.41. The molecule has 2 amide bonds. The summed E-state index contributed by atoms with van der Waals surface area (Å²) >= 11 is 0. The number of benzene rings is 1. The highest BCUT2D eigenvalue weighted by Crippen LogP contribution is 2.23. The summed E-state index contributed by atoms with van der Waals surface area (Å²) in [5.74, 6) is -0.105. The van der Waals surface area contributed by atoms with E-state index in [2.05, 4.69) is 10.6 Å². The van der Waals surface area contributed by atoms with E-state index >= 15 is 0 Å². The molecule has 1 aromatic carbocycles. The van der Waals surface area contributed by atoms with Crippen molar-refractivity contribution in [2.45, 2.75) is 19.8 Å². The maximum Gasteiger partial charge on any atom is 0.251 e. The predicted octanol–water partition coefficient (Wildman–Crippen LogP) is 1.32. The molecule has 0 spiro atoms. The van der Waals surface area contributed by atoms with Crippen molar-refractivity contribution in [1.29, 1.82) is 0 Å². The molecule has 2 rings (SSSR count). The Kier molecular flexibility index (Phi) is 2.90. The number of carbonyl (C=O) groups excluding carboxylic acids is 2. The molecule has 0 aliphatic carbocycles. The lowest BCUT2D eigenvalue weighted by Gasteiger charge is -2.05. The van der Waals surface area contributed by atoms with Crippen LogP contribution in [0.1, 0.15) is 29.3 Å². The van der Waals surface area contributed by atoms with E-state index in [0.717, 1.165) is 17.7 Å². The molecule has 0 fully saturated rings. The summed E-state index contributed by atoms with van der Waals surface area (Å²) in [7, 11) is 0. The Morgan fingerprint density at radius 3 is 3.06 bits per heavy atom. The molecular formula is C12H14N2O2. The topological polar surface area (TPSA) is 58.2 Å². The molecule has 4 nitrogen and oxygen atoms in total. The van der Waals surface area contributed by atoms with Crippen molar-refractivity contribution in [3.05, 3.63) is 29.3 Å². The van der Waals surface area contributed by atoms with Crippen LogP contribution in [0.5, 0.6) is 0 Å². The molecular weight excluding hydrogens is 204 g/mol. The molecule has 0 saturated carbocycles. The summed E-state index contributed by atoms with van der Waals surface area (Å²) in [5, 5.41) is 5.53. The lowest BCUT2D eigenvalue weighted by molar-refractivity contribution is -0.115. The number of amides is 2. The SMILES string of the molecule is CCCNC(=O)c1ccc2c(c1)NC(=O)C2. The highest BCUT2D eigenvalue weighted by molar-refractivity contribution is 6.02. The van der Waals surface area contributed by atoms with Crippen molar-refractivity contribution in [1.82, 2.24) is 5.32 Å². The van der Waals surface area contributed by atoms with Crippen LogP contribution in [0.2, 0.25) is 0 Å². The molecule has 0 saturated heterocycles. The third-order valence-electron chi connectivity index (χ3n) is 2.53. The summed E-state index contributed by atoms with van der Waals surface area (Å²) in [6.45, 7) is 2.67. The summed E-state index contributed by atoms with van der Waals surface area (Å²) in [5.41, 5.74) is 2.31. The minimum Gasteiger partial charge on any atom is -0.352 e. The Morgan fingerprint density at radius 1 is 1.50 bits per heavy atom. The van der Waals surface area contributed by atoms with Gasteiger partial charge in [0.25, 0.3) is 5.91 Å². The zero-order chi connectivity index (χ0) is 11.5. The van der Waals surface area contributed by atoms with E-state index in [-0.39, 0.29) is 11.8 Å². The van der Waals surface area contributed by atoms with Gasteiger partial charge in [0.2, 0.25) is 5.91 Å². The third kappa shape index (κ3) is 2.05. The minimum atomic E-state index is -0.0919. The highest BCUT2D eigenvalue weighted by atomic mass is 16.2. The normalized spacial score (nSPS) is 13.2. The number of anilines is 1. The van der Waals surface area contributed by atoms with Crippen LogP contribution in [0, 0.1) is 0 Å². The fourth-order valence-corrected chi connectivity index (χ4v) is 1.70. The average molecular weight is 218 g/mol. The molecule has 1 aliphatic heterocycles. The van der Waals surface area contributed by atoms with E-state index in [1.54, 1.807) is 12.1 Å². The Balaban J connectivity index is 2.16. The van der Waals surface area contributed by atoms with Crippen molar-refractivity contribution in [2.24, 2.45) is 0 Å². The van der Waals surface area contributed by atoms with Crippen LogP contribution in [-0.2, 0) is 11.2 Å². The van der Waals surface area contributed by atoms with Gasteiger partial charge in [-0.2, -0.15) is 0 Å². The Morgan fingerprint density at radius 2 is 2.31 bits per heavy atom. The van der Waals surface area contributed by atoms with Gasteiger partial charge in [-0.15, -0.1) is 0 Å². The fraction of sp³-hybridized carbons (Fsp3) is 0.333. The first-order chi connectivity index (χ1) is 7.70. The van der Waals surface area contributed by atoms with Gasteiger partial charge in [0.15, 0.2) is 0 Å². The quantitative estimate of drug-likeness (QED) is 0.803. The molecule has 0 bridgehead atoms. The number of hydrogen-bond donors (Lipinski definition) is 2. The second-order valence-corrected chi connectivity index (χ2v) is 3.85. The monoisotopic (exact) mass is 218 g/mol. The van der Waals surface area contributed by atoms with Crippen LogP contribution >= 0.6 is 0 Å². The molecule has 16 heavy (non-hydrogen) atoms. The standard InChI is InChI=1S/C12H14N2O2/c1-2-5-13-12(16)9-4-3-8-7-11(15)14-10(8)6-9/h3-4,6H,2,5,7H2,1H3,(H,13,16)(H,14,15). The van der Waals surface area contributed by atoms with Gasteiger partial charge in [0.1, 0.15) is 0 Å². The Labute approximate surface area is 94.0 Å². The van der Waals surface area contributed by atoms with Crippen LogP contribution < -0.4 is 10.6 Å². The zero-order valence-electron chi connectivity index (χ0n) is 9.17. The third-order valence-corrected chi connectivity index (χ3v) is 2.53. The van der Waals surface area contributed by atoms with E-state index in [9.17, 15) is 9.59 Å². The number of hydrogen-bond acceptors (Lipinski definition) is 2. The summed E-state index contributed by atoms with van der Waals surface area (Å²) in [4.78, 5) is 22.8. The summed E-state index contributed by atoms with van der Waals surface area (Å²) in [6.07, 6.45) is 1.32. The number of rotatable bonds is 3. The van der Waals surface area contributed by atoms with Gasteiger partial charge in [-0.25, -0.2) is 0 Å². The van der Waals surface area contributed by atoms with Crippen LogP contribution in [0.3, 0.4) is 0 Å². The van der Waals surface area contributed by atoms with Gasteiger partial charge in [-0.1, -0.05) is 13.0 Å². The van der Waals surface area contributed by atoms with E-state index in [1.165, 1.54) is 0 Å². The molecule has 1 aromatic rings. The van der Waals surface area contributed by atoms with E-state index in [0.29, 0.717) is 18.5 Å². The van der Waals surface area contributed by atoms with Crippen molar-refractivity contribution < 1.29 is 9.59 Å². The highest BCUT2D eigenvalue weighted by Gasteiger charge is 2.18. The maximum absolute atomic E-state index is 11.7. The molecule has 0 atom stereocenters. The predicted molar refractivity (Wildman–Crippen MR) is 61.4 cm³/mol. The number of nitrogens with one attached hydrogen (secondary N) is 2. The van der Waals surface area contributed by atoms with Crippen molar-refractivity contribution in [3.8, 4) is 0 Å². The Hall–Kier alpha value is -1.84. The average Bonchev–Trinajstić information content (AvgIpc) is 2.64. The van der Waals surface area contributed by atoms with Gasteiger partial charge in [0, 0.05) is 17.8 Å². The molecule has 2 N–H and O–H groups in total. The minimum absolute atomic E-state index is 0.0129. The van der Waals surface area contributed by atoms with Gasteiger partial charge in [-0.3, -0.25) is 9.59 Å². The van der Waals surface area contributed by atoms with Gasteiger partial charge >= 0.3 is 0 Å². The van der Waals surface area contributed by atoms with Crippen LogP contribution in [-0.4, -0.2) is 18.4 Å². The number of carbonyl (C=O) groups is 2. The molecule has 84 valence electrons. The number of fused-ring (bicyclic) bond motifs is 1. The zero-order valence-corrected chi connectivity index (χ0v) is 9.17. The Bertz CT molecular complexity index is 441. The molecule has 0 aromatic heterocycles. The van der Waals surface area contributed by atoms with Crippen molar-refractivity contribution in [3.63, 3.8) is 0 Å². The van der Waals surface area contributed by atoms with Crippen LogP contribution in [0.4, 0.5) is 5.69 Å². The van der Waals surface area contributed by atoms with E-state index in [1.807, 2.05) is 13.0 Å². The molecule has 1 heterocycles. The molecule has 0 radical (unpaired) electrons. The molecule has 1 aliphatic rings. The summed E-state index contributed by atoms with van der Waals surface area (Å²) < 4.78 is 0. The fourth-order valence-electron chi connectivity index (χ4n) is 1.70.